The molecule has 0 spiro atoms. The molecule has 0 unspecified atom stereocenters. The number of alkyl carbamates (subject to hydrolysis) is 2. The number of piperidine rings is 2. The number of nitriles is 1. The second kappa shape index (κ2) is 39.6. The van der Waals surface area contributed by atoms with Gasteiger partial charge in [0.15, 0.2) is 0 Å². The Labute approximate surface area is 515 Å². The van der Waals surface area contributed by atoms with Crippen molar-refractivity contribution in [3.63, 3.8) is 0 Å². The Morgan fingerprint density at radius 3 is 1.52 bits per heavy atom. The molecular weight excluding hydrogens is 1160 g/mol. The number of urea groups is 2. The normalized spacial score (nSPS) is 19.5. The van der Waals surface area contributed by atoms with E-state index in [0.717, 1.165) is 62.7 Å². The molecule has 6 rings (SSSR count). The van der Waals surface area contributed by atoms with E-state index in [2.05, 4.69) is 42.0 Å². The third-order valence-electron chi connectivity index (χ3n) is 16.5. The fourth-order valence-electron chi connectivity index (χ4n) is 12.7. The van der Waals surface area contributed by atoms with Crippen molar-refractivity contribution in [3.8, 4) is 6.07 Å². The Morgan fingerprint density at radius 1 is 0.682 bits per heavy atom. The molecule has 2 aromatic rings. The summed E-state index contributed by atoms with van der Waals surface area (Å²) in [6, 6.07) is 16.8. The van der Waals surface area contributed by atoms with E-state index in [9.17, 15) is 29.1 Å². The third kappa shape index (κ3) is 27.6. The molecule has 7 amide bonds. The lowest BCUT2D eigenvalue weighted by Gasteiger charge is -2.46. The first-order valence-electron chi connectivity index (χ1n) is 30.1. The van der Waals surface area contributed by atoms with Gasteiger partial charge in [0.25, 0.3) is 0 Å². The molecule has 0 bridgehead atoms. The molecular formula is C60H98Cl2N10O12S. The molecule has 0 aromatic heterocycles. The van der Waals surface area contributed by atoms with E-state index in [-0.39, 0.29) is 41.9 Å². The summed E-state index contributed by atoms with van der Waals surface area (Å²) in [5.41, 5.74) is -0.268. The van der Waals surface area contributed by atoms with Crippen LogP contribution in [0.3, 0.4) is 0 Å². The van der Waals surface area contributed by atoms with Crippen molar-refractivity contribution in [2.75, 3.05) is 80.7 Å². The molecule has 85 heavy (non-hydrogen) atoms. The van der Waals surface area contributed by atoms with Gasteiger partial charge in [-0.1, -0.05) is 112 Å². The van der Waals surface area contributed by atoms with E-state index in [1.54, 1.807) is 18.2 Å². The zero-order valence-electron chi connectivity index (χ0n) is 50.9. The number of hydrogen-bond acceptors (Lipinski definition) is 13. The first kappa shape index (κ1) is 74.1. The van der Waals surface area contributed by atoms with Gasteiger partial charge in [-0.25, -0.2) is 19.2 Å². The lowest BCUT2D eigenvalue weighted by molar-refractivity contribution is -0.122. The van der Waals surface area contributed by atoms with Gasteiger partial charge in [0.05, 0.1) is 31.4 Å². The minimum atomic E-state index is -4.67. The van der Waals surface area contributed by atoms with Gasteiger partial charge >= 0.3 is 34.6 Å². The fourth-order valence-corrected chi connectivity index (χ4v) is 13.1. The molecule has 2 aliphatic carbocycles. The topological polar surface area (TPSA) is 313 Å². The number of carbonyl (C=O) groups excluding carboxylic acids is 5. The highest BCUT2D eigenvalue weighted by Gasteiger charge is 2.45. The molecule has 6 atom stereocenters. The molecule has 10 N–H and O–H groups in total. The lowest BCUT2D eigenvalue weighted by atomic mass is 9.71. The standard InChI is InChI=1S/C30H48ClN5O4.C28H45ClN4O4.C2H3N.H2O4S/c1-22(37)35-30(15-9-16-33-29(39)40-3,24-12-7-14-26(31)19-24)25-13-8-17-36(21-25)28(38)34-27(20-32-2)18-23-10-5-4-6-11-23;1-30-19-25(17-21-9-4-3-5-10-21)32-26(34)33-16-7-12-23(20-33)28(36,14-8-15-31-27(35)37-2)22-11-6-13-24(29)18-22;1-2-3;1-5(2,3)4/h7,12,14,19,23,25,27,32H,4-6,8-11,13,15-18,20-21H2,1-3H3,(H,33,39)(H,34,38)(H,35,37);6,11,13,18,21,23,25,30,36H,3-5,7-10,12,14-17,19-20H2,1-2H3,(H,31,35)(H,32,34);1H3;(H2,1,2,3,4)/t25-,27+,30-;23-,25+,28-;;/m11../s1. The Kier molecular flexibility index (Phi) is 34.5. The lowest BCUT2D eigenvalue weighted by Crippen LogP contribution is -2.58. The zero-order valence-corrected chi connectivity index (χ0v) is 53.2. The summed E-state index contributed by atoms with van der Waals surface area (Å²) in [6.07, 6.45) is 19.3. The highest BCUT2D eigenvalue weighted by Crippen LogP contribution is 2.42. The van der Waals surface area contributed by atoms with Gasteiger partial charge in [0.2, 0.25) is 5.91 Å². The number of benzene rings is 2. The number of rotatable bonds is 23. The fraction of sp³-hybridized carbons (Fsp3) is 0.700. The van der Waals surface area contributed by atoms with Gasteiger partial charge in [0, 0.05) is 100 Å². The van der Waals surface area contributed by atoms with Gasteiger partial charge in [-0.2, -0.15) is 13.7 Å². The first-order valence-corrected chi connectivity index (χ1v) is 32.3. The molecule has 4 fully saturated rings. The largest absolute Gasteiger partial charge is 0.453 e. The number of likely N-dealkylation sites (N-methyl/N-ethyl adjacent to an activating group) is 2. The Balaban J connectivity index is 0.000000396. The number of amides is 7. The number of methoxy groups -OCH3 is 2. The van der Waals surface area contributed by atoms with Crippen LogP contribution in [0.2, 0.25) is 10.0 Å². The molecule has 2 heterocycles. The highest BCUT2D eigenvalue weighted by atomic mass is 35.5. The van der Waals surface area contributed by atoms with E-state index in [0.29, 0.717) is 86.8 Å². The molecule has 2 aromatic carbocycles. The summed E-state index contributed by atoms with van der Waals surface area (Å²) in [4.78, 5) is 66.5. The van der Waals surface area contributed by atoms with Crippen molar-refractivity contribution in [1.82, 2.24) is 47.0 Å². The van der Waals surface area contributed by atoms with Crippen molar-refractivity contribution in [2.24, 2.45) is 23.7 Å². The Hall–Kier alpha value is -5.19. The van der Waals surface area contributed by atoms with Gasteiger partial charge < -0.3 is 61.6 Å². The smallest absolute Gasteiger partial charge is 0.406 e. The van der Waals surface area contributed by atoms with Crippen LogP contribution in [0.1, 0.15) is 153 Å². The SMILES string of the molecule is CC#N.CNC[C@H](CC1CCCCC1)NC(=O)N1CCC[C@@H]([C@@](O)(CCCNC(=O)OC)c2cccc(Cl)c2)C1.CNC[C@H](CC1CCCCC1)NC(=O)N1CCC[C@@H]([C@](CCCNC(=O)OC)(NC(C)=O)c2cccc(Cl)c2)C1.O=S(=O)(O)O. The van der Waals surface area contributed by atoms with Gasteiger partial charge in [-0.05, 0) is 126 Å². The number of likely N-dealkylation sites (tertiary alicyclic amines) is 2. The summed E-state index contributed by atoms with van der Waals surface area (Å²) < 4.78 is 40.9. The van der Waals surface area contributed by atoms with Crippen LogP contribution in [0, 0.1) is 35.0 Å². The molecule has 4 aliphatic rings. The molecule has 22 nitrogen and oxygen atoms in total. The third-order valence-corrected chi connectivity index (χ3v) is 17.0. The van der Waals surface area contributed by atoms with Crippen LogP contribution in [0.4, 0.5) is 19.2 Å². The monoisotopic (exact) mass is 1250 g/mol. The Morgan fingerprint density at radius 2 is 1.09 bits per heavy atom. The first-order chi connectivity index (χ1) is 40.5. The highest BCUT2D eigenvalue weighted by molar-refractivity contribution is 7.79. The summed E-state index contributed by atoms with van der Waals surface area (Å²) in [5.74, 6) is 1.01. The van der Waals surface area contributed by atoms with Gasteiger partial charge in [-0.15, -0.1) is 0 Å². The second-order valence-electron chi connectivity index (χ2n) is 22.8. The average molecular weight is 1250 g/mol. The van der Waals surface area contributed by atoms with Crippen molar-refractivity contribution in [3.05, 3.63) is 69.7 Å². The van der Waals surface area contributed by atoms with E-state index < -0.39 is 33.7 Å². The molecule has 2 aliphatic heterocycles. The number of nitrogens with one attached hydrogen (secondary N) is 7. The van der Waals surface area contributed by atoms with Crippen LogP contribution in [0.25, 0.3) is 0 Å². The molecule has 2 saturated carbocycles. The summed E-state index contributed by atoms with van der Waals surface area (Å²) in [5, 5.41) is 42.3. The van der Waals surface area contributed by atoms with Gasteiger partial charge in [0.1, 0.15) is 0 Å². The molecule has 2 saturated heterocycles. The molecule has 480 valence electrons. The molecule has 25 heteroatoms. The number of halogens is 2. The predicted molar refractivity (Wildman–Crippen MR) is 331 cm³/mol. The van der Waals surface area contributed by atoms with E-state index in [1.165, 1.54) is 92.3 Å². The quantitative estimate of drug-likeness (QED) is 0.0366. The Bertz CT molecular complexity index is 2480. The van der Waals surface area contributed by atoms with Gasteiger partial charge in [-0.3, -0.25) is 13.9 Å². The summed E-state index contributed by atoms with van der Waals surface area (Å²) in [6.45, 7) is 7.56. The number of ether oxygens (including phenoxy) is 2. The van der Waals surface area contributed by atoms with Crippen LogP contribution >= 0.6 is 23.2 Å². The van der Waals surface area contributed by atoms with Crippen LogP contribution in [-0.4, -0.2) is 155 Å². The maximum Gasteiger partial charge on any atom is 0.406 e. The number of hydrogen-bond donors (Lipinski definition) is 10. The zero-order chi connectivity index (χ0) is 62.8. The van der Waals surface area contributed by atoms with Crippen molar-refractivity contribution in [1.29, 1.82) is 5.26 Å². The predicted octanol–water partition coefficient (Wildman–Crippen LogP) is 9.31. The van der Waals surface area contributed by atoms with Crippen molar-refractivity contribution < 1.29 is 56.1 Å². The van der Waals surface area contributed by atoms with Crippen molar-refractivity contribution in [2.45, 2.75) is 165 Å². The average Bonchev–Trinajstić information content (AvgIpc) is 2.01. The number of nitrogens with zero attached hydrogens (tertiary/aromatic N) is 3. The van der Waals surface area contributed by atoms with Crippen LogP contribution in [0.5, 0.6) is 0 Å². The van der Waals surface area contributed by atoms with E-state index in [4.69, 9.17) is 50.7 Å². The van der Waals surface area contributed by atoms with E-state index >= 15 is 0 Å². The molecule has 0 radical (unpaired) electrons. The number of carbonyl (C=O) groups is 5. The van der Waals surface area contributed by atoms with Crippen LogP contribution in [0.15, 0.2) is 48.5 Å². The summed E-state index contributed by atoms with van der Waals surface area (Å²) >= 11 is 12.7. The van der Waals surface area contributed by atoms with Crippen molar-refractivity contribution >= 4 is 63.8 Å². The maximum absolute atomic E-state index is 13.6. The minimum absolute atomic E-state index is 0.0337. The maximum atomic E-state index is 13.6. The second-order valence-corrected chi connectivity index (χ2v) is 24.5. The minimum Gasteiger partial charge on any atom is -0.453 e. The summed E-state index contributed by atoms with van der Waals surface area (Å²) in [7, 11) is 1.85. The van der Waals surface area contributed by atoms with Crippen LogP contribution < -0.4 is 37.2 Å². The van der Waals surface area contributed by atoms with Crippen LogP contribution in [-0.2, 0) is 35.8 Å². The number of aliphatic hydroxyl groups is 1. The van der Waals surface area contributed by atoms with E-state index in [1.807, 2.05) is 60.3 Å².